The lowest BCUT2D eigenvalue weighted by molar-refractivity contribution is 0.0602. The van der Waals surface area contributed by atoms with Gasteiger partial charge in [-0.2, -0.15) is 0 Å². The number of amides is 1. The molecule has 0 unspecified atom stereocenters. The van der Waals surface area contributed by atoms with Gasteiger partial charge in [0.2, 0.25) is 0 Å². The van der Waals surface area contributed by atoms with Gasteiger partial charge in [0.15, 0.2) is 0 Å². The number of hydrogen-bond donors (Lipinski definition) is 1. The van der Waals surface area contributed by atoms with Crippen molar-refractivity contribution in [3.8, 4) is 11.5 Å². The van der Waals surface area contributed by atoms with E-state index in [1.165, 1.54) is 7.11 Å². The predicted molar refractivity (Wildman–Crippen MR) is 115 cm³/mol. The summed E-state index contributed by atoms with van der Waals surface area (Å²) in [5.74, 6) is 0.282. The summed E-state index contributed by atoms with van der Waals surface area (Å²) in [4.78, 5) is 24.7. The van der Waals surface area contributed by atoms with Crippen molar-refractivity contribution in [2.75, 3.05) is 19.5 Å². The van der Waals surface area contributed by atoms with Gasteiger partial charge in [0.05, 0.1) is 25.5 Å². The molecule has 0 atom stereocenters. The molecule has 0 aliphatic heterocycles. The Hall–Kier alpha value is -3.51. The van der Waals surface area contributed by atoms with Crippen LogP contribution in [0.4, 0.5) is 5.69 Å². The van der Waals surface area contributed by atoms with Gasteiger partial charge in [-0.15, -0.1) is 0 Å². The maximum Gasteiger partial charge on any atom is 0.339 e. The lowest BCUT2D eigenvalue weighted by Gasteiger charge is -2.13. The van der Waals surface area contributed by atoms with Crippen molar-refractivity contribution in [3.63, 3.8) is 0 Å². The number of para-hydroxylation sites is 1. The molecule has 0 heterocycles. The van der Waals surface area contributed by atoms with Crippen LogP contribution in [0.25, 0.3) is 0 Å². The molecule has 3 aromatic carbocycles. The third kappa shape index (κ3) is 5.10. The van der Waals surface area contributed by atoms with Crippen molar-refractivity contribution in [1.29, 1.82) is 0 Å². The first kappa shape index (κ1) is 21.2. The largest absolute Gasteiger partial charge is 0.496 e. The summed E-state index contributed by atoms with van der Waals surface area (Å²) in [5, 5.41) is 3.32. The Morgan fingerprint density at radius 2 is 1.77 bits per heavy atom. The van der Waals surface area contributed by atoms with Crippen LogP contribution in [0.15, 0.2) is 66.7 Å². The fourth-order valence-electron chi connectivity index (χ4n) is 2.83. The number of halogens is 1. The summed E-state index contributed by atoms with van der Waals surface area (Å²) in [5.41, 5.74) is 1.71. The van der Waals surface area contributed by atoms with Crippen LogP contribution >= 0.6 is 11.6 Å². The first-order chi connectivity index (χ1) is 14.5. The Bertz CT molecular complexity index is 1070. The molecule has 0 saturated carbocycles. The van der Waals surface area contributed by atoms with Crippen LogP contribution in [0.3, 0.4) is 0 Å². The van der Waals surface area contributed by atoms with E-state index in [1.807, 2.05) is 0 Å². The molecule has 154 valence electrons. The van der Waals surface area contributed by atoms with Crippen molar-refractivity contribution in [2.45, 2.75) is 6.61 Å². The summed E-state index contributed by atoms with van der Waals surface area (Å²) >= 11 is 5.98. The molecule has 30 heavy (non-hydrogen) atoms. The number of rotatable bonds is 7. The summed E-state index contributed by atoms with van der Waals surface area (Å²) in [6.45, 7) is 0.184. The Morgan fingerprint density at radius 3 is 2.50 bits per heavy atom. The lowest BCUT2D eigenvalue weighted by atomic mass is 10.1. The molecule has 0 fully saturated rings. The quantitative estimate of drug-likeness (QED) is 0.541. The minimum absolute atomic E-state index is 0.184. The van der Waals surface area contributed by atoms with E-state index in [2.05, 4.69) is 5.32 Å². The molecule has 0 aliphatic rings. The van der Waals surface area contributed by atoms with Crippen LogP contribution in [-0.2, 0) is 11.3 Å². The molecule has 6 nitrogen and oxygen atoms in total. The van der Waals surface area contributed by atoms with Crippen LogP contribution in [0.5, 0.6) is 11.5 Å². The third-order valence-corrected chi connectivity index (χ3v) is 4.55. The van der Waals surface area contributed by atoms with Gasteiger partial charge in [-0.05, 0) is 48.5 Å². The van der Waals surface area contributed by atoms with E-state index in [9.17, 15) is 9.59 Å². The lowest BCUT2D eigenvalue weighted by Crippen LogP contribution is -2.16. The van der Waals surface area contributed by atoms with E-state index < -0.39 is 5.97 Å². The van der Waals surface area contributed by atoms with Gasteiger partial charge in [0.25, 0.3) is 5.91 Å². The average Bonchev–Trinajstić information content (AvgIpc) is 2.77. The topological polar surface area (TPSA) is 73.9 Å². The molecule has 3 aromatic rings. The van der Waals surface area contributed by atoms with E-state index in [-0.39, 0.29) is 18.1 Å². The molecule has 1 amide bonds. The second-order valence-electron chi connectivity index (χ2n) is 6.26. The van der Waals surface area contributed by atoms with Gasteiger partial charge < -0.3 is 19.5 Å². The average molecular weight is 426 g/mol. The highest BCUT2D eigenvalue weighted by Crippen LogP contribution is 2.25. The maximum absolute atomic E-state index is 12.8. The first-order valence-electron chi connectivity index (χ1n) is 9.06. The smallest absolute Gasteiger partial charge is 0.339 e. The number of nitrogens with one attached hydrogen (secondary N) is 1. The Morgan fingerprint density at radius 1 is 0.967 bits per heavy atom. The first-order valence-corrected chi connectivity index (χ1v) is 9.43. The summed E-state index contributed by atoms with van der Waals surface area (Å²) in [6, 6.07) is 18.7. The molecular weight excluding hydrogens is 406 g/mol. The number of carbonyl (C=O) groups is 2. The zero-order valence-corrected chi connectivity index (χ0v) is 17.2. The monoisotopic (exact) mass is 425 g/mol. The number of hydrogen-bond acceptors (Lipinski definition) is 5. The van der Waals surface area contributed by atoms with Crippen LogP contribution in [0.1, 0.15) is 26.3 Å². The van der Waals surface area contributed by atoms with Gasteiger partial charge in [-0.1, -0.05) is 29.8 Å². The van der Waals surface area contributed by atoms with E-state index in [0.29, 0.717) is 33.3 Å². The van der Waals surface area contributed by atoms with Crippen LogP contribution in [0.2, 0.25) is 5.02 Å². The third-order valence-electron chi connectivity index (χ3n) is 4.31. The zero-order valence-electron chi connectivity index (χ0n) is 16.5. The maximum atomic E-state index is 12.8. The standard InChI is InChI=1S/C23H20ClNO5/c1-28-21-11-10-15(12-16(21)14-30-18-7-5-6-17(24)13-18)22(26)25-20-9-4-3-8-19(20)23(27)29-2/h3-13H,14H2,1-2H3,(H,25,26). The molecule has 1 N–H and O–H groups in total. The molecule has 0 radical (unpaired) electrons. The highest BCUT2D eigenvalue weighted by atomic mass is 35.5. The van der Waals surface area contributed by atoms with E-state index in [4.69, 9.17) is 25.8 Å². The minimum atomic E-state index is -0.531. The second-order valence-corrected chi connectivity index (χ2v) is 6.70. The Labute approximate surface area is 179 Å². The van der Waals surface area contributed by atoms with Gasteiger partial charge in [-0.3, -0.25) is 4.79 Å². The molecule has 0 aromatic heterocycles. The van der Waals surface area contributed by atoms with Gasteiger partial charge >= 0.3 is 5.97 Å². The number of benzene rings is 3. The van der Waals surface area contributed by atoms with Gasteiger partial charge in [-0.25, -0.2) is 4.79 Å². The van der Waals surface area contributed by atoms with Crippen molar-refractivity contribution < 1.29 is 23.8 Å². The number of anilines is 1. The van der Waals surface area contributed by atoms with E-state index >= 15 is 0 Å². The fourth-order valence-corrected chi connectivity index (χ4v) is 3.01. The highest BCUT2D eigenvalue weighted by molar-refractivity contribution is 6.30. The predicted octanol–water partition coefficient (Wildman–Crippen LogP) is 4.97. The van der Waals surface area contributed by atoms with Crippen LogP contribution in [-0.4, -0.2) is 26.1 Å². The van der Waals surface area contributed by atoms with Crippen LogP contribution in [0, 0.1) is 0 Å². The van der Waals surface area contributed by atoms with Crippen molar-refractivity contribution >= 4 is 29.2 Å². The van der Waals surface area contributed by atoms with Crippen molar-refractivity contribution in [3.05, 3.63) is 88.4 Å². The molecule has 0 saturated heterocycles. The summed E-state index contributed by atoms with van der Waals surface area (Å²) in [7, 11) is 2.83. The highest BCUT2D eigenvalue weighted by Gasteiger charge is 2.16. The summed E-state index contributed by atoms with van der Waals surface area (Å²) < 4.78 is 15.9. The van der Waals surface area contributed by atoms with E-state index in [0.717, 1.165) is 0 Å². The van der Waals surface area contributed by atoms with Crippen molar-refractivity contribution in [1.82, 2.24) is 0 Å². The SMILES string of the molecule is COC(=O)c1ccccc1NC(=O)c1ccc(OC)c(COc2cccc(Cl)c2)c1. The molecule has 7 heteroatoms. The Balaban J connectivity index is 1.80. The van der Waals surface area contributed by atoms with Gasteiger partial charge in [0, 0.05) is 16.1 Å². The van der Waals surface area contributed by atoms with Gasteiger partial charge in [0.1, 0.15) is 18.1 Å². The Kier molecular flexibility index (Phi) is 6.93. The molecule has 0 bridgehead atoms. The normalized spacial score (nSPS) is 10.2. The van der Waals surface area contributed by atoms with E-state index in [1.54, 1.807) is 73.8 Å². The number of methoxy groups -OCH3 is 2. The molecule has 0 spiro atoms. The molecule has 0 aliphatic carbocycles. The number of esters is 1. The zero-order chi connectivity index (χ0) is 21.5. The van der Waals surface area contributed by atoms with Crippen LogP contribution < -0.4 is 14.8 Å². The molecular formula is C23H20ClNO5. The van der Waals surface area contributed by atoms with Crippen molar-refractivity contribution in [2.24, 2.45) is 0 Å². The number of carbonyl (C=O) groups excluding carboxylic acids is 2. The number of ether oxygens (including phenoxy) is 3. The minimum Gasteiger partial charge on any atom is -0.496 e. The summed E-state index contributed by atoms with van der Waals surface area (Å²) in [6.07, 6.45) is 0. The molecule has 3 rings (SSSR count). The second kappa shape index (κ2) is 9.80. The fraction of sp³-hybridized carbons (Fsp3) is 0.130.